The molecule has 2 atom stereocenters. The van der Waals surface area contributed by atoms with Crippen molar-refractivity contribution in [1.29, 1.82) is 0 Å². The summed E-state index contributed by atoms with van der Waals surface area (Å²) in [6.07, 6.45) is 6.29. The van der Waals surface area contributed by atoms with E-state index in [0.717, 1.165) is 50.8 Å². The fourth-order valence-electron chi connectivity index (χ4n) is 4.91. The van der Waals surface area contributed by atoms with Crippen molar-refractivity contribution in [3.05, 3.63) is 29.8 Å². The van der Waals surface area contributed by atoms with Gasteiger partial charge in [-0.25, -0.2) is 8.42 Å². The van der Waals surface area contributed by atoms with Gasteiger partial charge in [0.1, 0.15) is 0 Å². The van der Waals surface area contributed by atoms with E-state index in [-0.39, 0.29) is 23.7 Å². The van der Waals surface area contributed by atoms with Gasteiger partial charge in [-0.05, 0) is 55.8 Å². The number of hydrogen-bond donors (Lipinski definition) is 2. The standard InChI is InChI=1S/C20H29N3O3S.ClH/c24-19(20-10-2-1-5-17(20)14-21-15-20)22-13-16-6-8-18(9-7-16)27(25,26)23-11-3-4-12-23;/h6-9,17,21H,1-5,10-15H2,(H,22,24);1H/t17-,20+;/m0./s1. The minimum Gasteiger partial charge on any atom is -0.351 e. The summed E-state index contributed by atoms with van der Waals surface area (Å²) >= 11 is 0. The van der Waals surface area contributed by atoms with Gasteiger partial charge in [0.2, 0.25) is 15.9 Å². The van der Waals surface area contributed by atoms with Gasteiger partial charge in [-0.15, -0.1) is 12.4 Å². The Balaban J connectivity index is 0.00000225. The molecule has 1 aromatic carbocycles. The van der Waals surface area contributed by atoms with E-state index in [0.29, 0.717) is 30.4 Å². The van der Waals surface area contributed by atoms with Gasteiger partial charge in [0.05, 0.1) is 10.3 Å². The number of nitrogens with zero attached hydrogens (tertiary/aromatic N) is 1. The molecule has 0 aromatic heterocycles. The predicted octanol–water partition coefficient (Wildman–Crippen LogP) is 2.29. The lowest BCUT2D eigenvalue weighted by molar-refractivity contribution is -0.134. The summed E-state index contributed by atoms with van der Waals surface area (Å²) in [5.74, 6) is 0.588. The molecule has 1 saturated carbocycles. The van der Waals surface area contributed by atoms with Crippen LogP contribution in [0.4, 0.5) is 0 Å². The highest BCUT2D eigenvalue weighted by Gasteiger charge is 2.49. The van der Waals surface area contributed by atoms with Crippen LogP contribution in [0.1, 0.15) is 44.1 Å². The second-order valence-corrected chi connectivity index (χ2v) is 10.1. The third kappa shape index (κ3) is 3.95. The molecule has 2 heterocycles. The van der Waals surface area contributed by atoms with Crippen molar-refractivity contribution in [2.45, 2.75) is 50.0 Å². The summed E-state index contributed by atoms with van der Waals surface area (Å²) in [5.41, 5.74) is 0.676. The van der Waals surface area contributed by atoms with Crippen molar-refractivity contribution in [3.8, 4) is 0 Å². The Hall–Kier alpha value is -1.15. The molecule has 3 aliphatic rings. The molecule has 6 nitrogen and oxygen atoms in total. The molecular formula is C20H30ClN3O3S. The van der Waals surface area contributed by atoms with Crippen LogP contribution in [0.25, 0.3) is 0 Å². The zero-order valence-corrected chi connectivity index (χ0v) is 17.8. The van der Waals surface area contributed by atoms with Gasteiger partial charge in [-0.3, -0.25) is 4.79 Å². The highest BCUT2D eigenvalue weighted by molar-refractivity contribution is 7.89. The first-order chi connectivity index (χ1) is 13.0. The number of benzene rings is 1. The van der Waals surface area contributed by atoms with Crippen molar-refractivity contribution in [3.63, 3.8) is 0 Å². The van der Waals surface area contributed by atoms with E-state index in [1.54, 1.807) is 16.4 Å². The largest absolute Gasteiger partial charge is 0.351 e. The van der Waals surface area contributed by atoms with Crippen molar-refractivity contribution >= 4 is 28.3 Å². The number of carbonyl (C=O) groups is 1. The fraction of sp³-hybridized carbons (Fsp3) is 0.650. The third-order valence-corrected chi connectivity index (χ3v) is 8.48. The highest BCUT2D eigenvalue weighted by atomic mass is 35.5. The summed E-state index contributed by atoms with van der Waals surface area (Å²) in [4.78, 5) is 13.3. The van der Waals surface area contributed by atoms with Gasteiger partial charge < -0.3 is 10.6 Å². The van der Waals surface area contributed by atoms with Gasteiger partial charge in [0.25, 0.3) is 0 Å². The molecule has 2 N–H and O–H groups in total. The molecule has 0 radical (unpaired) electrons. The molecule has 4 rings (SSSR count). The lowest BCUT2D eigenvalue weighted by atomic mass is 9.67. The van der Waals surface area contributed by atoms with E-state index in [9.17, 15) is 13.2 Å². The van der Waals surface area contributed by atoms with E-state index in [1.165, 1.54) is 6.42 Å². The Morgan fingerprint density at radius 3 is 2.57 bits per heavy atom. The maximum absolute atomic E-state index is 12.9. The number of sulfonamides is 1. The van der Waals surface area contributed by atoms with E-state index < -0.39 is 10.0 Å². The molecule has 28 heavy (non-hydrogen) atoms. The Labute approximate surface area is 173 Å². The van der Waals surface area contributed by atoms with E-state index in [4.69, 9.17) is 0 Å². The zero-order chi connectivity index (χ0) is 18.9. The zero-order valence-electron chi connectivity index (χ0n) is 16.2. The SMILES string of the molecule is Cl.O=C(NCc1ccc(S(=O)(=O)N2CCCC2)cc1)[C@@]12CCCC[C@H]1CNC2. The van der Waals surface area contributed by atoms with Crippen LogP contribution < -0.4 is 10.6 Å². The number of carbonyl (C=O) groups excluding carboxylic acids is 1. The molecule has 8 heteroatoms. The van der Waals surface area contributed by atoms with Crippen LogP contribution >= 0.6 is 12.4 Å². The quantitative estimate of drug-likeness (QED) is 0.755. The molecule has 156 valence electrons. The van der Waals surface area contributed by atoms with Crippen LogP contribution in [0.2, 0.25) is 0 Å². The minimum atomic E-state index is -3.38. The van der Waals surface area contributed by atoms with Crippen molar-refractivity contribution < 1.29 is 13.2 Å². The van der Waals surface area contributed by atoms with Gasteiger partial charge in [-0.2, -0.15) is 4.31 Å². The molecule has 0 unspecified atom stereocenters. The molecule has 3 fully saturated rings. The lowest BCUT2D eigenvalue weighted by Gasteiger charge is -2.37. The summed E-state index contributed by atoms with van der Waals surface area (Å²) in [7, 11) is -3.38. The van der Waals surface area contributed by atoms with Crippen molar-refractivity contribution in [2.24, 2.45) is 11.3 Å². The lowest BCUT2D eigenvalue weighted by Crippen LogP contribution is -2.47. The molecule has 1 amide bonds. The average molecular weight is 428 g/mol. The van der Waals surface area contributed by atoms with Gasteiger partial charge in [0.15, 0.2) is 0 Å². The van der Waals surface area contributed by atoms with Gasteiger partial charge in [0, 0.05) is 26.2 Å². The Morgan fingerprint density at radius 2 is 1.86 bits per heavy atom. The molecule has 1 aliphatic carbocycles. The number of nitrogens with one attached hydrogen (secondary N) is 2. The Kier molecular flexibility index (Phi) is 6.69. The van der Waals surface area contributed by atoms with Crippen LogP contribution in [0.15, 0.2) is 29.2 Å². The average Bonchev–Trinajstić information content (AvgIpc) is 3.37. The van der Waals surface area contributed by atoms with E-state index in [2.05, 4.69) is 10.6 Å². The maximum Gasteiger partial charge on any atom is 0.243 e. The maximum atomic E-state index is 12.9. The number of hydrogen-bond acceptors (Lipinski definition) is 4. The second-order valence-electron chi connectivity index (χ2n) is 8.17. The van der Waals surface area contributed by atoms with Gasteiger partial charge >= 0.3 is 0 Å². The first-order valence-corrected chi connectivity index (χ1v) is 11.5. The van der Waals surface area contributed by atoms with Crippen LogP contribution in [0.5, 0.6) is 0 Å². The highest BCUT2D eigenvalue weighted by Crippen LogP contribution is 2.43. The molecule has 0 spiro atoms. The normalized spacial score (nSPS) is 27.8. The molecular weight excluding hydrogens is 398 g/mol. The molecule has 0 bridgehead atoms. The number of amides is 1. The Morgan fingerprint density at radius 1 is 1.14 bits per heavy atom. The van der Waals surface area contributed by atoms with Crippen molar-refractivity contribution in [1.82, 2.24) is 14.9 Å². The molecule has 2 aliphatic heterocycles. The monoisotopic (exact) mass is 427 g/mol. The Bertz CT molecular complexity index is 793. The van der Waals surface area contributed by atoms with Crippen LogP contribution in [-0.2, 0) is 21.4 Å². The summed E-state index contributed by atoms with van der Waals surface area (Å²) in [6.45, 7) is 3.37. The van der Waals surface area contributed by atoms with Crippen LogP contribution in [0.3, 0.4) is 0 Å². The fourth-order valence-corrected chi connectivity index (χ4v) is 6.42. The first-order valence-electron chi connectivity index (χ1n) is 10.1. The van der Waals surface area contributed by atoms with E-state index in [1.807, 2.05) is 12.1 Å². The summed E-state index contributed by atoms with van der Waals surface area (Å²) < 4.78 is 26.7. The topological polar surface area (TPSA) is 78.5 Å². The third-order valence-electron chi connectivity index (χ3n) is 6.57. The number of fused-ring (bicyclic) bond motifs is 1. The molecule has 1 aromatic rings. The second kappa shape index (κ2) is 8.69. The smallest absolute Gasteiger partial charge is 0.243 e. The minimum absolute atomic E-state index is 0. The van der Waals surface area contributed by atoms with Crippen LogP contribution in [0, 0.1) is 11.3 Å². The number of rotatable bonds is 5. The van der Waals surface area contributed by atoms with Crippen LogP contribution in [-0.4, -0.2) is 44.8 Å². The summed E-state index contributed by atoms with van der Waals surface area (Å²) in [6, 6.07) is 6.94. The first kappa shape index (κ1) is 21.6. The predicted molar refractivity (Wildman–Crippen MR) is 111 cm³/mol. The molecule has 2 saturated heterocycles. The van der Waals surface area contributed by atoms with Crippen molar-refractivity contribution in [2.75, 3.05) is 26.2 Å². The van der Waals surface area contributed by atoms with Gasteiger partial charge in [-0.1, -0.05) is 25.0 Å². The van der Waals surface area contributed by atoms with E-state index >= 15 is 0 Å². The number of halogens is 1. The summed E-state index contributed by atoms with van der Waals surface area (Å²) in [5, 5.41) is 6.51.